The minimum atomic E-state index is -5.84. The molecule has 0 spiro atoms. The van der Waals surface area contributed by atoms with E-state index >= 15 is 4.39 Å². The first-order chi connectivity index (χ1) is 17.5. The van der Waals surface area contributed by atoms with Gasteiger partial charge in [0.05, 0.1) is 35.2 Å². The average Bonchev–Trinajstić information content (AvgIpc) is 3.47. The molecule has 6 rings (SSSR count). The number of ether oxygens (including phenoxy) is 1. The standard InChI is InChI=1S/C23H16F6N6O2/c24-12-5-13-14(35-9-31-8-15(35)20(30)33-13)4-10(12)21(36)34-3-1-2-16-19(34)11-7-32-18(6-17(11)37-16)22(25,26)23(27,28)29/h4-9,16,19H,1-3H2,(H2,30,33)/t16-,19-/m0/s1. The normalized spacial score (nSPS) is 19.7. The Kier molecular flexibility index (Phi) is 4.85. The van der Waals surface area contributed by atoms with Gasteiger partial charge in [-0.3, -0.25) is 14.2 Å². The quantitative estimate of drug-likeness (QED) is 0.392. The van der Waals surface area contributed by atoms with E-state index in [9.17, 15) is 26.7 Å². The number of carbonyl (C=O) groups is 1. The van der Waals surface area contributed by atoms with Gasteiger partial charge in [0.25, 0.3) is 5.91 Å². The maximum Gasteiger partial charge on any atom is 0.459 e. The number of pyridine rings is 1. The number of rotatable bonds is 2. The first kappa shape index (κ1) is 23.3. The third-order valence-electron chi connectivity index (χ3n) is 6.70. The zero-order chi connectivity index (χ0) is 26.3. The molecule has 14 heteroatoms. The summed E-state index contributed by atoms with van der Waals surface area (Å²) in [6.07, 6.45) is -1.92. The van der Waals surface area contributed by atoms with E-state index in [4.69, 9.17) is 10.5 Å². The van der Waals surface area contributed by atoms with E-state index < -0.39 is 41.7 Å². The molecule has 0 aliphatic carbocycles. The molecule has 2 aliphatic heterocycles. The Balaban J connectivity index is 1.40. The van der Waals surface area contributed by atoms with Gasteiger partial charge in [0.1, 0.15) is 34.7 Å². The topological polar surface area (TPSA) is 98.6 Å². The van der Waals surface area contributed by atoms with Crippen molar-refractivity contribution in [1.82, 2.24) is 24.3 Å². The molecule has 0 radical (unpaired) electrons. The maximum absolute atomic E-state index is 15.1. The number of hydrogen-bond acceptors (Lipinski definition) is 6. The van der Waals surface area contributed by atoms with E-state index in [1.165, 1.54) is 23.5 Å². The fraction of sp³-hybridized carbons (Fsp3) is 0.304. The fourth-order valence-electron chi connectivity index (χ4n) is 4.95. The predicted octanol–water partition coefficient (Wildman–Crippen LogP) is 4.39. The van der Waals surface area contributed by atoms with Crippen LogP contribution in [0.3, 0.4) is 0 Å². The van der Waals surface area contributed by atoms with Crippen LogP contribution in [0.2, 0.25) is 0 Å². The molecule has 37 heavy (non-hydrogen) atoms. The number of aromatic nitrogens is 4. The zero-order valence-electron chi connectivity index (χ0n) is 18.6. The summed E-state index contributed by atoms with van der Waals surface area (Å²) in [7, 11) is 0. The second-order valence-electron chi connectivity index (χ2n) is 8.89. The molecule has 192 valence electrons. The summed E-state index contributed by atoms with van der Waals surface area (Å²) >= 11 is 0. The molecule has 0 bridgehead atoms. The number of fused-ring (bicyclic) bond motifs is 6. The summed E-state index contributed by atoms with van der Waals surface area (Å²) in [5.41, 5.74) is 5.32. The molecule has 3 aromatic heterocycles. The van der Waals surface area contributed by atoms with Crippen LogP contribution in [0.25, 0.3) is 16.6 Å². The number of nitrogens with two attached hydrogens (primary N) is 1. The van der Waals surface area contributed by atoms with Crippen molar-refractivity contribution in [3.63, 3.8) is 0 Å². The van der Waals surface area contributed by atoms with Crippen LogP contribution < -0.4 is 10.5 Å². The first-order valence-electron chi connectivity index (χ1n) is 11.1. The molecular weight excluding hydrogens is 506 g/mol. The van der Waals surface area contributed by atoms with Crippen molar-refractivity contribution in [3.8, 4) is 5.75 Å². The molecule has 5 heterocycles. The SMILES string of the molecule is Nc1nc2cc(F)c(C(=O)N3CCC[C@@H]4Oc5cc(C(F)(F)C(F)(F)F)ncc5[C@@H]43)cc2n2cncc12. The summed E-state index contributed by atoms with van der Waals surface area (Å²) in [6, 6.07) is 2.10. The summed E-state index contributed by atoms with van der Waals surface area (Å²) in [5, 5.41) is 0. The molecule has 8 nitrogen and oxygen atoms in total. The summed E-state index contributed by atoms with van der Waals surface area (Å²) in [5.74, 6) is -6.84. The molecule has 2 aliphatic rings. The van der Waals surface area contributed by atoms with Gasteiger partial charge in [-0.05, 0) is 18.9 Å². The molecule has 0 saturated carbocycles. The van der Waals surface area contributed by atoms with Gasteiger partial charge in [-0.1, -0.05) is 0 Å². The van der Waals surface area contributed by atoms with Gasteiger partial charge in [0.2, 0.25) is 0 Å². The first-order valence-corrected chi connectivity index (χ1v) is 11.1. The van der Waals surface area contributed by atoms with Crippen molar-refractivity contribution in [2.24, 2.45) is 0 Å². The highest BCUT2D eigenvalue weighted by molar-refractivity contribution is 5.99. The Hall–Kier alpha value is -4.10. The molecule has 1 aromatic carbocycles. The van der Waals surface area contributed by atoms with Gasteiger partial charge in [-0.15, -0.1) is 0 Å². The maximum atomic E-state index is 15.1. The molecule has 2 N–H and O–H groups in total. The number of anilines is 1. The van der Waals surface area contributed by atoms with E-state index in [2.05, 4.69) is 15.0 Å². The van der Waals surface area contributed by atoms with Gasteiger partial charge in [-0.25, -0.2) is 14.4 Å². The molecule has 2 atom stereocenters. The Bertz CT molecular complexity index is 1590. The van der Waals surface area contributed by atoms with Gasteiger partial charge in [0.15, 0.2) is 0 Å². The molecular formula is C23H16F6N6O2. The smallest absolute Gasteiger partial charge is 0.459 e. The number of piperidine rings is 1. The lowest BCUT2D eigenvalue weighted by Crippen LogP contribution is -2.44. The highest BCUT2D eigenvalue weighted by atomic mass is 19.4. The van der Waals surface area contributed by atoms with Crippen molar-refractivity contribution in [1.29, 1.82) is 0 Å². The largest absolute Gasteiger partial charge is 0.487 e. The Morgan fingerprint density at radius 2 is 1.89 bits per heavy atom. The molecule has 4 aromatic rings. The van der Waals surface area contributed by atoms with Crippen LogP contribution in [0.1, 0.15) is 40.5 Å². The van der Waals surface area contributed by atoms with Crippen LogP contribution in [0.5, 0.6) is 5.75 Å². The van der Waals surface area contributed by atoms with E-state index in [0.717, 1.165) is 12.3 Å². The molecule has 1 saturated heterocycles. The van der Waals surface area contributed by atoms with Crippen molar-refractivity contribution < 1.29 is 35.9 Å². The number of likely N-dealkylation sites (tertiary alicyclic amines) is 1. The second kappa shape index (κ2) is 7.70. The number of imidazole rings is 1. The highest BCUT2D eigenvalue weighted by Crippen LogP contribution is 2.48. The van der Waals surface area contributed by atoms with Gasteiger partial charge < -0.3 is 15.4 Å². The van der Waals surface area contributed by atoms with Crippen LogP contribution in [-0.2, 0) is 5.92 Å². The monoisotopic (exact) mass is 522 g/mol. The summed E-state index contributed by atoms with van der Waals surface area (Å²) in [6.45, 7) is 0.182. The predicted molar refractivity (Wildman–Crippen MR) is 116 cm³/mol. The number of amides is 1. The lowest BCUT2D eigenvalue weighted by molar-refractivity contribution is -0.291. The van der Waals surface area contributed by atoms with E-state index in [1.54, 1.807) is 4.40 Å². The fourth-order valence-corrected chi connectivity index (χ4v) is 4.95. The summed E-state index contributed by atoms with van der Waals surface area (Å²) in [4.78, 5) is 26.4. The van der Waals surface area contributed by atoms with Crippen molar-refractivity contribution in [2.45, 2.75) is 37.1 Å². The van der Waals surface area contributed by atoms with Crippen LogP contribution >= 0.6 is 0 Å². The van der Waals surface area contributed by atoms with E-state index in [0.29, 0.717) is 29.9 Å². The Labute approximate surface area is 203 Å². The van der Waals surface area contributed by atoms with Crippen molar-refractivity contribution in [3.05, 3.63) is 59.6 Å². The van der Waals surface area contributed by atoms with Crippen molar-refractivity contribution in [2.75, 3.05) is 12.3 Å². The third-order valence-corrected chi connectivity index (χ3v) is 6.70. The number of hydrogen-bond donors (Lipinski definition) is 1. The average molecular weight is 522 g/mol. The number of nitrogen functional groups attached to an aromatic ring is 1. The van der Waals surface area contributed by atoms with E-state index in [-0.39, 0.29) is 34.8 Å². The Morgan fingerprint density at radius 3 is 2.65 bits per heavy atom. The summed E-state index contributed by atoms with van der Waals surface area (Å²) < 4.78 is 88.6. The Morgan fingerprint density at radius 1 is 1.11 bits per heavy atom. The highest BCUT2D eigenvalue weighted by Gasteiger charge is 2.60. The van der Waals surface area contributed by atoms with Crippen molar-refractivity contribution >= 4 is 28.3 Å². The van der Waals surface area contributed by atoms with Crippen LogP contribution in [0.15, 0.2) is 36.9 Å². The molecule has 0 unspecified atom stereocenters. The van der Waals surface area contributed by atoms with E-state index in [1.807, 2.05) is 0 Å². The number of benzene rings is 1. The number of alkyl halides is 5. The molecule has 1 amide bonds. The van der Waals surface area contributed by atoms with Gasteiger partial charge >= 0.3 is 12.1 Å². The minimum Gasteiger partial charge on any atom is -0.487 e. The minimum absolute atomic E-state index is 0.130. The lowest BCUT2D eigenvalue weighted by Gasteiger charge is -2.36. The molecule has 1 fully saturated rings. The number of halogens is 6. The lowest BCUT2D eigenvalue weighted by atomic mass is 9.94. The number of carbonyl (C=O) groups excluding carboxylic acids is 1. The number of nitrogens with zero attached hydrogens (tertiary/aromatic N) is 5. The van der Waals surface area contributed by atoms with Gasteiger partial charge in [0, 0.05) is 30.4 Å². The second-order valence-corrected chi connectivity index (χ2v) is 8.89. The van der Waals surface area contributed by atoms with Gasteiger partial charge in [-0.2, -0.15) is 22.0 Å². The van der Waals surface area contributed by atoms with Crippen LogP contribution in [0.4, 0.5) is 32.2 Å². The zero-order valence-corrected chi connectivity index (χ0v) is 18.6. The third kappa shape index (κ3) is 3.38. The van der Waals surface area contributed by atoms with Crippen LogP contribution in [0, 0.1) is 5.82 Å². The van der Waals surface area contributed by atoms with Crippen LogP contribution in [-0.4, -0.2) is 49.0 Å².